The summed E-state index contributed by atoms with van der Waals surface area (Å²) >= 11 is 2.68. The van der Waals surface area contributed by atoms with Gasteiger partial charge in [-0.25, -0.2) is 0 Å². The topological polar surface area (TPSA) is 72.2 Å². The molecule has 0 aliphatic heterocycles. The molecule has 0 spiro atoms. The van der Waals surface area contributed by atoms with E-state index in [0.29, 0.717) is 15.4 Å². The van der Waals surface area contributed by atoms with Crippen LogP contribution in [0.5, 0.6) is 0 Å². The lowest BCUT2D eigenvalue weighted by Gasteiger charge is -2.02. The second-order valence-corrected chi connectivity index (χ2v) is 6.52. The first-order chi connectivity index (χ1) is 10.6. The van der Waals surface area contributed by atoms with Gasteiger partial charge in [0.1, 0.15) is 5.00 Å². The number of amides is 2. The number of nitrogens with one attached hydrogen (secondary N) is 1. The Morgan fingerprint density at radius 2 is 1.82 bits per heavy atom. The van der Waals surface area contributed by atoms with E-state index in [1.54, 1.807) is 18.2 Å². The molecule has 0 bridgehead atoms. The Kier molecular flexibility index (Phi) is 4.04. The highest BCUT2D eigenvalue weighted by molar-refractivity contribution is 7.20. The maximum Gasteiger partial charge on any atom is 0.266 e. The van der Waals surface area contributed by atoms with Crippen LogP contribution in [-0.4, -0.2) is 11.8 Å². The summed E-state index contributed by atoms with van der Waals surface area (Å²) < 4.78 is 0. The Bertz CT molecular complexity index is 808. The smallest absolute Gasteiger partial charge is 0.266 e. The van der Waals surface area contributed by atoms with Gasteiger partial charge in [0.25, 0.3) is 11.8 Å². The van der Waals surface area contributed by atoms with Gasteiger partial charge in [0.05, 0.1) is 10.4 Å². The van der Waals surface area contributed by atoms with Gasteiger partial charge < -0.3 is 11.1 Å². The highest BCUT2D eigenvalue weighted by atomic mass is 32.1. The summed E-state index contributed by atoms with van der Waals surface area (Å²) in [7, 11) is 0. The maximum absolute atomic E-state index is 12.1. The van der Waals surface area contributed by atoms with Crippen molar-refractivity contribution in [3.63, 3.8) is 0 Å². The first-order valence-corrected chi connectivity index (χ1v) is 8.18. The first-order valence-electron chi connectivity index (χ1n) is 6.49. The summed E-state index contributed by atoms with van der Waals surface area (Å²) in [5.41, 5.74) is 6.73. The lowest BCUT2D eigenvalue weighted by Crippen LogP contribution is -2.15. The number of carbonyl (C=O) groups excluding carboxylic acids is 2. The second kappa shape index (κ2) is 6.13. The molecule has 2 aromatic heterocycles. The van der Waals surface area contributed by atoms with Crippen LogP contribution in [0, 0.1) is 0 Å². The molecule has 2 heterocycles. The normalized spacial score (nSPS) is 10.4. The molecule has 2 amide bonds. The van der Waals surface area contributed by atoms with E-state index < -0.39 is 5.91 Å². The number of primary amides is 1. The van der Waals surface area contributed by atoms with Gasteiger partial charge in [-0.2, -0.15) is 0 Å². The molecule has 1 aromatic carbocycles. The van der Waals surface area contributed by atoms with Crippen LogP contribution in [0.25, 0.3) is 10.4 Å². The van der Waals surface area contributed by atoms with Crippen molar-refractivity contribution in [3.8, 4) is 10.4 Å². The van der Waals surface area contributed by atoms with Crippen LogP contribution in [0.15, 0.2) is 53.9 Å². The standard InChI is InChI=1S/C16H12N2O2S2/c17-14(19)11-9-13(10-5-2-1-3-6-10)22-16(11)18-15(20)12-7-4-8-21-12/h1-9H,(H2,17,19)(H,18,20). The Balaban J connectivity index is 1.95. The van der Waals surface area contributed by atoms with Gasteiger partial charge in [-0.15, -0.1) is 22.7 Å². The van der Waals surface area contributed by atoms with Crippen LogP contribution in [0.3, 0.4) is 0 Å². The summed E-state index contributed by atoms with van der Waals surface area (Å²) in [4.78, 5) is 25.2. The fraction of sp³-hybridized carbons (Fsp3) is 0. The minimum absolute atomic E-state index is 0.237. The Labute approximate surface area is 135 Å². The Morgan fingerprint density at radius 3 is 2.45 bits per heavy atom. The molecule has 3 aromatic rings. The molecule has 0 aliphatic carbocycles. The van der Waals surface area contributed by atoms with Crippen molar-refractivity contribution in [2.45, 2.75) is 0 Å². The predicted octanol–water partition coefficient (Wildman–Crippen LogP) is 3.83. The van der Waals surface area contributed by atoms with Crippen molar-refractivity contribution in [1.82, 2.24) is 0 Å². The zero-order valence-electron chi connectivity index (χ0n) is 11.4. The van der Waals surface area contributed by atoms with E-state index >= 15 is 0 Å². The molecule has 22 heavy (non-hydrogen) atoms. The molecule has 6 heteroatoms. The molecule has 3 rings (SSSR count). The highest BCUT2D eigenvalue weighted by Gasteiger charge is 2.17. The Morgan fingerprint density at radius 1 is 1.05 bits per heavy atom. The second-order valence-electron chi connectivity index (χ2n) is 4.52. The molecule has 0 aliphatic rings. The number of hydrogen-bond acceptors (Lipinski definition) is 4. The van der Waals surface area contributed by atoms with E-state index in [9.17, 15) is 9.59 Å². The number of carbonyl (C=O) groups is 2. The summed E-state index contributed by atoms with van der Waals surface area (Å²) in [6, 6.07) is 14.9. The van der Waals surface area contributed by atoms with Crippen LogP contribution in [0.2, 0.25) is 0 Å². The number of anilines is 1. The average Bonchev–Trinajstić information content (AvgIpc) is 3.17. The molecular formula is C16H12N2O2S2. The number of nitrogens with two attached hydrogens (primary N) is 1. The molecule has 3 N–H and O–H groups in total. The van der Waals surface area contributed by atoms with Crippen molar-refractivity contribution in [2.75, 3.05) is 5.32 Å². The fourth-order valence-electron chi connectivity index (χ4n) is 1.98. The van der Waals surface area contributed by atoms with Gasteiger partial charge in [0.15, 0.2) is 0 Å². The summed E-state index contributed by atoms with van der Waals surface area (Å²) in [6.07, 6.45) is 0. The van der Waals surface area contributed by atoms with Gasteiger partial charge in [-0.1, -0.05) is 36.4 Å². The van der Waals surface area contributed by atoms with E-state index in [1.165, 1.54) is 22.7 Å². The first kappa shape index (κ1) is 14.5. The van der Waals surface area contributed by atoms with E-state index in [4.69, 9.17) is 5.73 Å². The quantitative estimate of drug-likeness (QED) is 0.764. The largest absolute Gasteiger partial charge is 0.366 e. The van der Waals surface area contributed by atoms with Crippen molar-refractivity contribution < 1.29 is 9.59 Å². The van der Waals surface area contributed by atoms with E-state index in [1.807, 2.05) is 35.7 Å². The zero-order valence-corrected chi connectivity index (χ0v) is 13.0. The Hall–Kier alpha value is -2.44. The monoisotopic (exact) mass is 328 g/mol. The molecule has 0 radical (unpaired) electrons. The van der Waals surface area contributed by atoms with Crippen LogP contribution < -0.4 is 11.1 Å². The molecule has 0 atom stereocenters. The predicted molar refractivity (Wildman–Crippen MR) is 90.5 cm³/mol. The highest BCUT2D eigenvalue weighted by Crippen LogP contribution is 2.35. The lowest BCUT2D eigenvalue weighted by atomic mass is 10.1. The minimum atomic E-state index is -0.556. The van der Waals surface area contributed by atoms with Gasteiger partial charge in [0.2, 0.25) is 0 Å². The third-order valence-corrected chi connectivity index (χ3v) is 5.00. The molecule has 0 unspecified atom stereocenters. The van der Waals surface area contributed by atoms with Gasteiger partial charge in [-0.3, -0.25) is 9.59 Å². The SMILES string of the molecule is NC(=O)c1cc(-c2ccccc2)sc1NC(=O)c1cccs1. The lowest BCUT2D eigenvalue weighted by molar-refractivity contribution is 0.100. The van der Waals surface area contributed by atoms with Crippen LogP contribution in [-0.2, 0) is 0 Å². The van der Waals surface area contributed by atoms with E-state index in [0.717, 1.165) is 10.4 Å². The summed E-state index contributed by atoms with van der Waals surface area (Å²) in [5.74, 6) is -0.793. The molecule has 4 nitrogen and oxygen atoms in total. The number of hydrogen-bond donors (Lipinski definition) is 2. The molecular weight excluding hydrogens is 316 g/mol. The zero-order chi connectivity index (χ0) is 15.5. The number of thiophene rings is 2. The number of rotatable bonds is 4. The molecule has 0 fully saturated rings. The third-order valence-electron chi connectivity index (χ3n) is 3.03. The molecule has 0 saturated heterocycles. The van der Waals surface area contributed by atoms with E-state index in [-0.39, 0.29) is 5.91 Å². The maximum atomic E-state index is 12.1. The van der Waals surface area contributed by atoms with Crippen LogP contribution in [0.1, 0.15) is 20.0 Å². The van der Waals surface area contributed by atoms with Gasteiger partial charge >= 0.3 is 0 Å². The summed E-state index contributed by atoms with van der Waals surface area (Å²) in [5, 5.41) is 5.08. The minimum Gasteiger partial charge on any atom is -0.366 e. The van der Waals surface area contributed by atoms with Crippen molar-refractivity contribution in [1.29, 1.82) is 0 Å². The van der Waals surface area contributed by atoms with Crippen molar-refractivity contribution >= 4 is 39.5 Å². The fourth-order valence-corrected chi connectivity index (χ4v) is 3.67. The van der Waals surface area contributed by atoms with Gasteiger partial charge in [-0.05, 0) is 23.1 Å². The van der Waals surface area contributed by atoms with E-state index in [2.05, 4.69) is 5.32 Å². The van der Waals surface area contributed by atoms with Crippen molar-refractivity contribution in [3.05, 3.63) is 64.4 Å². The number of benzene rings is 1. The van der Waals surface area contributed by atoms with Crippen molar-refractivity contribution in [2.24, 2.45) is 5.73 Å². The van der Waals surface area contributed by atoms with Crippen LogP contribution in [0.4, 0.5) is 5.00 Å². The average molecular weight is 328 g/mol. The van der Waals surface area contributed by atoms with Gasteiger partial charge in [0, 0.05) is 4.88 Å². The van der Waals surface area contributed by atoms with Crippen LogP contribution >= 0.6 is 22.7 Å². The molecule has 110 valence electrons. The third kappa shape index (κ3) is 2.93. The summed E-state index contributed by atoms with van der Waals surface area (Å²) in [6.45, 7) is 0. The molecule has 0 saturated carbocycles.